The number of likely N-dealkylation sites (tertiary alicyclic amines) is 1. The van der Waals surface area contributed by atoms with E-state index >= 15 is 0 Å². The quantitative estimate of drug-likeness (QED) is 0.778. The van der Waals surface area contributed by atoms with E-state index in [2.05, 4.69) is 10.3 Å². The molecule has 1 saturated heterocycles. The van der Waals surface area contributed by atoms with Crippen molar-refractivity contribution in [3.05, 3.63) is 48.0 Å². The molecule has 2 aromatic rings. The molecule has 0 radical (unpaired) electrons. The van der Waals surface area contributed by atoms with Gasteiger partial charge in [-0.1, -0.05) is 0 Å². The maximum Gasteiger partial charge on any atom is 0.251 e. The van der Waals surface area contributed by atoms with Crippen molar-refractivity contribution in [2.75, 3.05) is 19.6 Å². The number of nitrogens with zero attached hydrogens (tertiary/aromatic N) is 3. The minimum Gasteiger partial charge on any atom is -0.490 e. The van der Waals surface area contributed by atoms with E-state index in [0.29, 0.717) is 24.4 Å². The summed E-state index contributed by atoms with van der Waals surface area (Å²) in [6, 6.07) is 7.26. The van der Waals surface area contributed by atoms with Crippen LogP contribution in [-0.2, 0) is 18.3 Å². The van der Waals surface area contributed by atoms with Gasteiger partial charge in [0.2, 0.25) is 5.91 Å². The lowest BCUT2D eigenvalue weighted by atomic mass is 10.1. The van der Waals surface area contributed by atoms with Crippen molar-refractivity contribution in [2.45, 2.75) is 38.2 Å². The van der Waals surface area contributed by atoms with Crippen molar-refractivity contribution in [1.82, 2.24) is 19.8 Å². The smallest absolute Gasteiger partial charge is 0.251 e. The summed E-state index contributed by atoms with van der Waals surface area (Å²) in [4.78, 5) is 30.7. The zero-order valence-corrected chi connectivity index (χ0v) is 16.8. The summed E-state index contributed by atoms with van der Waals surface area (Å²) < 4.78 is 8.01. The van der Waals surface area contributed by atoms with Crippen LogP contribution in [0.4, 0.5) is 0 Å². The molecule has 0 unspecified atom stereocenters. The van der Waals surface area contributed by atoms with Gasteiger partial charge < -0.3 is 19.5 Å². The third kappa shape index (κ3) is 4.96. The Bertz CT molecular complexity index is 849. The zero-order chi connectivity index (χ0) is 20.2. The van der Waals surface area contributed by atoms with Crippen LogP contribution in [0.3, 0.4) is 0 Å². The number of aryl methyl sites for hydroxylation is 1. The SMILES string of the molecule is Cn1ccnc1CCNC(=O)c1ccc(OC2CCN(C(=O)C3CC3)CC2)cc1. The fraction of sp³-hybridized carbons (Fsp3) is 0.500. The fourth-order valence-corrected chi connectivity index (χ4v) is 3.69. The average molecular weight is 396 g/mol. The van der Waals surface area contributed by atoms with E-state index in [4.69, 9.17) is 4.74 Å². The Morgan fingerprint density at radius 2 is 1.86 bits per heavy atom. The number of amides is 2. The average Bonchev–Trinajstić information content (AvgIpc) is 3.51. The van der Waals surface area contributed by atoms with Crippen LogP contribution < -0.4 is 10.1 Å². The number of nitrogens with one attached hydrogen (secondary N) is 1. The standard InChI is InChI=1S/C22H28N4O3/c1-25-15-12-23-20(25)8-11-24-21(27)16-4-6-18(7-5-16)29-19-9-13-26(14-10-19)22(28)17-2-3-17/h4-7,12,15,17,19H,2-3,8-11,13-14H2,1H3,(H,24,27). The van der Waals surface area contributed by atoms with Gasteiger partial charge in [-0.25, -0.2) is 4.98 Å². The van der Waals surface area contributed by atoms with E-state index in [0.717, 1.165) is 50.3 Å². The minimum atomic E-state index is -0.0994. The molecule has 1 aliphatic heterocycles. The van der Waals surface area contributed by atoms with E-state index in [1.54, 1.807) is 18.3 Å². The second-order valence-electron chi connectivity index (χ2n) is 7.90. The number of aromatic nitrogens is 2. The molecule has 1 saturated carbocycles. The van der Waals surface area contributed by atoms with Gasteiger partial charge in [-0.3, -0.25) is 9.59 Å². The summed E-state index contributed by atoms with van der Waals surface area (Å²) in [7, 11) is 1.94. The molecule has 0 spiro atoms. The topological polar surface area (TPSA) is 76.5 Å². The molecular weight excluding hydrogens is 368 g/mol. The molecule has 4 rings (SSSR count). The first-order valence-corrected chi connectivity index (χ1v) is 10.4. The molecule has 0 bridgehead atoms. The van der Waals surface area contributed by atoms with Crippen LogP contribution in [0.1, 0.15) is 41.9 Å². The number of hydrogen-bond acceptors (Lipinski definition) is 4. The number of benzene rings is 1. The van der Waals surface area contributed by atoms with Gasteiger partial charge in [0.25, 0.3) is 5.91 Å². The zero-order valence-electron chi connectivity index (χ0n) is 16.8. The van der Waals surface area contributed by atoms with Crippen LogP contribution in [0.5, 0.6) is 5.75 Å². The van der Waals surface area contributed by atoms with Crippen LogP contribution in [-0.4, -0.2) is 52.0 Å². The first kappa shape index (κ1) is 19.5. The lowest BCUT2D eigenvalue weighted by Crippen LogP contribution is -2.42. The monoisotopic (exact) mass is 396 g/mol. The molecule has 154 valence electrons. The van der Waals surface area contributed by atoms with Crippen molar-refractivity contribution < 1.29 is 14.3 Å². The maximum atomic E-state index is 12.3. The Labute approximate surface area is 171 Å². The second-order valence-corrected chi connectivity index (χ2v) is 7.90. The van der Waals surface area contributed by atoms with Gasteiger partial charge in [0.15, 0.2) is 0 Å². The lowest BCUT2D eigenvalue weighted by molar-refractivity contribution is -0.134. The predicted octanol–water partition coefficient (Wildman–Crippen LogP) is 2.17. The Hall–Kier alpha value is -2.83. The van der Waals surface area contributed by atoms with Crippen molar-refractivity contribution in [3.63, 3.8) is 0 Å². The highest BCUT2D eigenvalue weighted by atomic mass is 16.5. The number of rotatable bonds is 7. The normalized spacial score (nSPS) is 17.2. The van der Waals surface area contributed by atoms with Crippen LogP contribution >= 0.6 is 0 Å². The third-order valence-corrected chi connectivity index (χ3v) is 5.65. The summed E-state index contributed by atoms with van der Waals surface area (Å²) in [6.07, 6.45) is 8.28. The van der Waals surface area contributed by atoms with E-state index < -0.39 is 0 Å². The van der Waals surface area contributed by atoms with Crippen molar-refractivity contribution in [3.8, 4) is 5.75 Å². The molecule has 2 fully saturated rings. The fourth-order valence-electron chi connectivity index (χ4n) is 3.69. The van der Waals surface area contributed by atoms with Crippen molar-refractivity contribution in [1.29, 1.82) is 0 Å². The molecule has 7 nitrogen and oxygen atoms in total. The van der Waals surface area contributed by atoms with Crippen LogP contribution in [0.15, 0.2) is 36.7 Å². The van der Waals surface area contributed by atoms with E-state index in [1.807, 2.05) is 34.8 Å². The van der Waals surface area contributed by atoms with Crippen molar-refractivity contribution >= 4 is 11.8 Å². The van der Waals surface area contributed by atoms with Gasteiger partial charge in [-0.15, -0.1) is 0 Å². The largest absolute Gasteiger partial charge is 0.490 e. The third-order valence-electron chi connectivity index (χ3n) is 5.65. The van der Waals surface area contributed by atoms with Crippen molar-refractivity contribution in [2.24, 2.45) is 13.0 Å². The Kier molecular flexibility index (Phi) is 5.83. The highest BCUT2D eigenvalue weighted by molar-refractivity contribution is 5.94. The Morgan fingerprint density at radius 1 is 1.14 bits per heavy atom. The predicted molar refractivity (Wildman–Crippen MR) is 109 cm³/mol. The summed E-state index contributed by atoms with van der Waals surface area (Å²) in [6.45, 7) is 2.09. The number of imidazole rings is 1. The maximum absolute atomic E-state index is 12.3. The molecule has 1 aliphatic carbocycles. The van der Waals surface area contributed by atoms with E-state index in [9.17, 15) is 9.59 Å². The van der Waals surface area contributed by atoms with Gasteiger partial charge in [0.1, 0.15) is 17.7 Å². The molecule has 29 heavy (non-hydrogen) atoms. The van der Waals surface area contributed by atoms with Gasteiger partial charge in [0.05, 0.1) is 0 Å². The number of ether oxygens (including phenoxy) is 1. The van der Waals surface area contributed by atoms with Gasteiger partial charge in [-0.2, -0.15) is 0 Å². The van der Waals surface area contributed by atoms with Gasteiger partial charge in [0, 0.05) is 69.8 Å². The van der Waals surface area contributed by atoms with Crippen LogP contribution in [0.2, 0.25) is 0 Å². The first-order valence-electron chi connectivity index (χ1n) is 10.4. The van der Waals surface area contributed by atoms with E-state index in [1.165, 1.54) is 0 Å². The molecule has 0 atom stereocenters. The molecule has 2 heterocycles. The summed E-state index contributed by atoms with van der Waals surface area (Å²) >= 11 is 0. The molecule has 7 heteroatoms. The summed E-state index contributed by atoms with van der Waals surface area (Å²) in [5.41, 5.74) is 0.613. The van der Waals surface area contributed by atoms with Gasteiger partial charge >= 0.3 is 0 Å². The van der Waals surface area contributed by atoms with Crippen LogP contribution in [0.25, 0.3) is 0 Å². The number of carbonyl (C=O) groups is 2. The van der Waals surface area contributed by atoms with Crippen LogP contribution in [0, 0.1) is 5.92 Å². The first-order chi connectivity index (χ1) is 14.1. The molecule has 1 aromatic heterocycles. The summed E-state index contributed by atoms with van der Waals surface area (Å²) in [5.74, 6) is 2.22. The molecule has 1 aromatic carbocycles. The molecular formula is C22H28N4O3. The molecule has 2 aliphatic rings. The minimum absolute atomic E-state index is 0.0994. The number of piperidine rings is 1. The summed E-state index contributed by atoms with van der Waals surface area (Å²) in [5, 5.41) is 2.92. The number of carbonyl (C=O) groups excluding carboxylic acids is 2. The number of hydrogen-bond donors (Lipinski definition) is 1. The molecule has 1 N–H and O–H groups in total. The highest BCUT2D eigenvalue weighted by Gasteiger charge is 2.35. The Balaban J connectivity index is 1.21. The highest BCUT2D eigenvalue weighted by Crippen LogP contribution is 2.32. The lowest BCUT2D eigenvalue weighted by Gasteiger charge is -2.32. The van der Waals surface area contributed by atoms with E-state index in [-0.39, 0.29) is 17.9 Å². The van der Waals surface area contributed by atoms with Gasteiger partial charge in [-0.05, 0) is 37.1 Å². The second kappa shape index (κ2) is 8.68. The molecule has 2 amide bonds. The Morgan fingerprint density at radius 3 is 2.48 bits per heavy atom.